The number of hydrogen-bond acceptors (Lipinski definition) is 8. The van der Waals surface area contributed by atoms with E-state index in [-0.39, 0.29) is 6.04 Å². The van der Waals surface area contributed by atoms with Gasteiger partial charge in [0.25, 0.3) is 0 Å². The predicted molar refractivity (Wildman–Crippen MR) is 111 cm³/mol. The van der Waals surface area contributed by atoms with E-state index >= 15 is 0 Å². The molecule has 0 spiro atoms. The van der Waals surface area contributed by atoms with E-state index in [1.165, 1.54) is 0 Å². The van der Waals surface area contributed by atoms with Crippen LogP contribution in [0.15, 0.2) is 53.2 Å². The number of aliphatic carboxylic acids is 1. The molecule has 3 heterocycles. The minimum absolute atomic E-state index is 0.0155. The molecule has 0 amide bonds. The van der Waals surface area contributed by atoms with Crippen LogP contribution < -0.4 is 5.32 Å². The molecule has 2 N–H and O–H groups in total. The van der Waals surface area contributed by atoms with Gasteiger partial charge in [-0.25, -0.2) is 14.8 Å². The first kappa shape index (κ1) is 24.1. The SMILES string of the molecule is Cc1cc(CN2CCOCC2c2nccc(Nc3ccccc3)n2)no1.O=C(O)C(F)(F)F. The Bertz CT molecular complexity index is 1050. The summed E-state index contributed by atoms with van der Waals surface area (Å²) in [5.74, 6) is -0.433. The van der Waals surface area contributed by atoms with Crippen LogP contribution in [0.2, 0.25) is 0 Å². The van der Waals surface area contributed by atoms with Crippen molar-refractivity contribution < 1.29 is 32.3 Å². The summed E-state index contributed by atoms with van der Waals surface area (Å²) in [6, 6.07) is 13.8. The van der Waals surface area contributed by atoms with E-state index in [0.29, 0.717) is 19.8 Å². The maximum atomic E-state index is 10.6. The molecule has 0 aliphatic carbocycles. The number of carbonyl (C=O) groups is 1. The number of nitrogens with zero attached hydrogens (tertiary/aromatic N) is 4. The number of alkyl halides is 3. The van der Waals surface area contributed by atoms with Crippen molar-refractivity contribution in [1.82, 2.24) is 20.0 Å². The van der Waals surface area contributed by atoms with Crippen molar-refractivity contribution in [3.05, 3.63) is 65.9 Å². The van der Waals surface area contributed by atoms with E-state index in [9.17, 15) is 13.2 Å². The Labute approximate surface area is 187 Å². The fourth-order valence-corrected chi connectivity index (χ4v) is 3.04. The van der Waals surface area contributed by atoms with E-state index in [1.54, 1.807) is 6.20 Å². The van der Waals surface area contributed by atoms with Crippen molar-refractivity contribution in [3.63, 3.8) is 0 Å². The van der Waals surface area contributed by atoms with Gasteiger partial charge in [-0.05, 0) is 25.1 Å². The minimum Gasteiger partial charge on any atom is -0.475 e. The molecule has 1 saturated heterocycles. The highest BCUT2D eigenvalue weighted by atomic mass is 19.4. The van der Waals surface area contributed by atoms with Crippen molar-refractivity contribution in [2.24, 2.45) is 0 Å². The Morgan fingerprint density at radius 3 is 2.64 bits per heavy atom. The summed E-state index contributed by atoms with van der Waals surface area (Å²) >= 11 is 0. The molecular weight excluding hydrogens is 443 g/mol. The Balaban J connectivity index is 0.000000383. The zero-order chi connectivity index (χ0) is 23.8. The molecule has 3 aromatic rings. The molecule has 0 saturated carbocycles. The first-order chi connectivity index (χ1) is 15.7. The van der Waals surface area contributed by atoms with E-state index in [4.69, 9.17) is 24.1 Å². The second-order valence-corrected chi connectivity index (χ2v) is 7.08. The lowest BCUT2D eigenvalue weighted by Gasteiger charge is -2.33. The van der Waals surface area contributed by atoms with Gasteiger partial charge >= 0.3 is 12.1 Å². The highest BCUT2D eigenvalue weighted by molar-refractivity contribution is 5.73. The number of halogens is 3. The van der Waals surface area contributed by atoms with Gasteiger partial charge in [0.1, 0.15) is 17.4 Å². The fourth-order valence-electron chi connectivity index (χ4n) is 3.04. The molecule has 1 aliphatic heterocycles. The van der Waals surface area contributed by atoms with Gasteiger partial charge in [-0.3, -0.25) is 4.90 Å². The standard InChI is InChI=1S/C19H21N5O2.C2HF3O2/c1-14-11-16(23-26-14)12-24-9-10-25-13-17(24)19-20-8-7-18(22-19)21-15-5-3-2-4-6-15;3-2(4,5)1(6)7/h2-8,11,17H,9-10,12-13H2,1H3,(H,20,21,22);(H,6,7). The predicted octanol–water partition coefficient (Wildman–Crippen LogP) is 3.72. The van der Waals surface area contributed by atoms with Gasteiger partial charge < -0.3 is 19.7 Å². The largest absolute Gasteiger partial charge is 0.490 e. The van der Waals surface area contributed by atoms with Gasteiger partial charge in [0, 0.05) is 31.0 Å². The third-order valence-electron chi connectivity index (χ3n) is 4.54. The van der Waals surface area contributed by atoms with Crippen LogP contribution in [0, 0.1) is 6.92 Å². The number of ether oxygens (including phenoxy) is 1. The fraction of sp³-hybridized carbons (Fsp3) is 0.333. The monoisotopic (exact) mass is 465 g/mol. The number of rotatable bonds is 5. The van der Waals surface area contributed by atoms with Crippen molar-refractivity contribution in [1.29, 1.82) is 0 Å². The zero-order valence-corrected chi connectivity index (χ0v) is 17.6. The molecule has 2 aromatic heterocycles. The second-order valence-electron chi connectivity index (χ2n) is 7.08. The molecule has 1 atom stereocenters. The third-order valence-corrected chi connectivity index (χ3v) is 4.54. The van der Waals surface area contributed by atoms with Gasteiger partial charge in [0.2, 0.25) is 0 Å². The lowest BCUT2D eigenvalue weighted by Crippen LogP contribution is -2.40. The number of carboxylic acid groups (broad SMARTS) is 1. The van der Waals surface area contributed by atoms with Gasteiger partial charge in [0.15, 0.2) is 0 Å². The van der Waals surface area contributed by atoms with Crippen LogP contribution in [0.1, 0.15) is 23.3 Å². The smallest absolute Gasteiger partial charge is 0.475 e. The maximum absolute atomic E-state index is 10.6. The Morgan fingerprint density at radius 2 is 2.00 bits per heavy atom. The number of hydrogen-bond donors (Lipinski definition) is 2. The summed E-state index contributed by atoms with van der Waals surface area (Å²) in [5, 5.41) is 14.5. The maximum Gasteiger partial charge on any atom is 0.490 e. The van der Waals surface area contributed by atoms with E-state index < -0.39 is 12.1 Å². The van der Waals surface area contributed by atoms with Crippen LogP contribution in [0.4, 0.5) is 24.7 Å². The molecule has 0 bridgehead atoms. The van der Waals surface area contributed by atoms with Gasteiger partial charge in [-0.1, -0.05) is 23.4 Å². The highest BCUT2D eigenvalue weighted by Crippen LogP contribution is 2.25. The number of morpholine rings is 1. The number of benzene rings is 1. The molecular formula is C21H22F3N5O4. The molecule has 1 aromatic carbocycles. The van der Waals surface area contributed by atoms with E-state index in [2.05, 4.69) is 20.4 Å². The number of carboxylic acids is 1. The lowest BCUT2D eigenvalue weighted by atomic mass is 10.2. The van der Waals surface area contributed by atoms with Gasteiger partial charge in [0.05, 0.1) is 24.9 Å². The van der Waals surface area contributed by atoms with Gasteiger partial charge in [-0.15, -0.1) is 0 Å². The van der Waals surface area contributed by atoms with Crippen LogP contribution >= 0.6 is 0 Å². The first-order valence-corrected chi connectivity index (χ1v) is 9.91. The summed E-state index contributed by atoms with van der Waals surface area (Å²) in [6.07, 6.45) is -3.30. The molecule has 176 valence electrons. The topological polar surface area (TPSA) is 114 Å². The summed E-state index contributed by atoms with van der Waals surface area (Å²) < 4.78 is 42.6. The lowest BCUT2D eigenvalue weighted by molar-refractivity contribution is -0.192. The van der Waals surface area contributed by atoms with Crippen LogP contribution in [0.5, 0.6) is 0 Å². The van der Waals surface area contributed by atoms with E-state index in [1.807, 2.05) is 49.4 Å². The van der Waals surface area contributed by atoms with Crippen molar-refractivity contribution in [2.45, 2.75) is 25.7 Å². The van der Waals surface area contributed by atoms with Crippen LogP contribution in [-0.4, -0.2) is 57.0 Å². The molecule has 12 heteroatoms. The number of nitrogens with one attached hydrogen (secondary N) is 1. The quantitative estimate of drug-likeness (QED) is 0.582. The highest BCUT2D eigenvalue weighted by Gasteiger charge is 2.38. The van der Waals surface area contributed by atoms with Crippen LogP contribution in [0.25, 0.3) is 0 Å². The number of para-hydroxylation sites is 1. The average Bonchev–Trinajstić information content (AvgIpc) is 3.19. The summed E-state index contributed by atoms with van der Waals surface area (Å²) in [5.41, 5.74) is 1.90. The third kappa shape index (κ3) is 7.26. The molecule has 1 aliphatic rings. The molecule has 0 radical (unpaired) electrons. The number of aromatic nitrogens is 3. The average molecular weight is 465 g/mol. The zero-order valence-electron chi connectivity index (χ0n) is 17.6. The molecule has 1 unspecified atom stereocenters. The van der Waals surface area contributed by atoms with Crippen LogP contribution in [-0.2, 0) is 16.1 Å². The molecule has 9 nitrogen and oxygen atoms in total. The molecule has 1 fully saturated rings. The van der Waals surface area contributed by atoms with Gasteiger partial charge in [-0.2, -0.15) is 13.2 Å². The Kier molecular flexibility index (Phi) is 7.96. The summed E-state index contributed by atoms with van der Waals surface area (Å²) in [7, 11) is 0. The van der Waals surface area contributed by atoms with Crippen LogP contribution in [0.3, 0.4) is 0 Å². The summed E-state index contributed by atoms with van der Waals surface area (Å²) in [4.78, 5) is 20.4. The Hall–Kier alpha value is -3.51. The van der Waals surface area contributed by atoms with Crippen molar-refractivity contribution in [3.8, 4) is 0 Å². The number of aryl methyl sites for hydroxylation is 1. The molecule has 4 rings (SSSR count). The molecule has 33 heavy (non-hydrogen) atoms. The normalized spacial score (nSPS) is 16.5. The minimum atomic E-state index is -5.08. The van der Waals surface area contributed by atoms with Crippen molar-refractivity contribution in [2.75, 3.05) is 25.1 Å². The summed E-state index contributed by atoms with van der Waals surface area (Å²) in [6.45, 7) is 4.64. The first-order valence-electron chi connectivity index (χ1n) is 9.91. The van der Waals surface area contributed by atoms with Crippen molar-refractivity contribution >= 4 is 17.5 Å². The second kappa shape index (κ2) is 10.9. The number of anilines is 2. The Morgan fingerprint density at radius 1 is 1.27 bits per heavy atom. The van der Waals surface area contributed by atoms with E-state index in [0.717, 1.165) is 35.3 Å².